The van der Waals surface area contributed by atoms with Crippen LogP contribution in [0.2, 0.25) is 0 Å². The number of primary amides is 1. The second-order valence-electron chi connectivity index (χ2n) is 5.06. The molecule has 5 nitrogen and oxygen atoms in total. The first-order valence-corrected chi connectivity index (χ1v) is 6.76. The Balaban J connectivity index is 1.91. The van der Waals surface area contributed by atoms with Gasteiger partial charge in [-0.05, 0) is 30.9 Å². The van der Waals surface area contributed by atoms with Gasteiger partial charge in [-0.15, -0.1) is 0 Å². The molecule has 0 spiro atoms. The van der Waals surface area contributed by atoms with E-state index in [1.165, 1.54) is 32.1 Å². The number of nitrogens with one attached hydrogen (secondary N) is 1. The molecule has 1 saturated carbocycles. The van der Waals surface area contributed by atoms with Crippen molar-refractivity contribution in [2.75, 3.05) is 17.6 Å². The Morgan fingerprint density at radius 2 is 2.05 bits per heavy atom. The zero-order valence-electron chi connectivity index (χ0n) is 11.0. The standard InChI is InChI=1S/C14H21N3O2/c15-12-8-11(19-14(16)18)6-7-13(12)17-9-10-4-2-1-3-5-10/h6-8,10,17H,1-5,9,15H2,(H2,16,18). The van der Waals surface area contributed by atoms with Crippen molar-refractivity contribution in [1.82, 2.24) is 0 Å². The number of nitrogen functional groups attached to an aromatic ring is 1. The Bertz CT molecular complexity index is 442. The summed E-state index contributed by atoms with van der Waals surface area (Å²) in [7, 11) is 0. The Hall–Kier alpha value is -1.91. The summed E-state index contributed by atoms with van der Waals surface area (Å²) in [6.45, 7) is 0.945. The molecule has 0 bridgehead atoms. The molecule has 1 aromatic carbocycles. The zero-order chi connectivity index (χ0) is 13.7. The highest BCUT2D eigenvalue weighted by Crippen LogP contribution is 2.27. The minimum absolute atomic E-state index is 0.369. The molecule has 0 unspecified atom stereocenters. The first-order valence-electron chi connectivity index (χ1n) is 6.76. The van der Waals surface area contributed by atoms with E-state index in [2.05, 4.69) is 5.32 Å². The maximum atomic E-state index is 10.6. The van der Waals surface area contributed by atoms with E-state index in [0.717, 1.165) is 18.2 Å². The fourth-order valence-electron chi connectivity index (χ4n) is 2.53. The number of amides is 1. The van der Waals surface area contributed by atoms with Crippen molar-refractivity contribution in [3.8, 4) is 5.75 Å². The Morgan fingerprint density at radius 1 is 1.32 bits per heavy atom. The number of benzene rings is 1. The van der Waals surface area contributed by atoms with E-state index in [9.17, 15) is 4.79 Å². The van der Waals surface area contributed by atoms with E-state index in [4.69, 9.17) is 16.2 Å². The molecule has 5 heteroatoms. The minimum Gasteiger partial charge on any atom is -0.410 e. The van der Waals surface area contributed by atoms with Gasteiger partial charge in [-0.25, -0.2) is 4.79 Å². The molecule has 1 aromatic rings. The number of nitrogens with two attached hydrogens (primary N) is 2. The Morgan fingerprint density at radius 3 is 2.68 bits per heavy atom. The number of carbonyl (C=O) groups is 1. The molecule has 0 atom stereocenters. The van der Waals surface area contributed by atoms with Gasteiger partial charge in [0.05, 0.1) is 11.4 Å². The molecule has 0 aliphatic heterocycles. The van der Waals surface area contributed by atoms with Gasteiger partial charge >= 0.3 is 6.09 Å². The van der Waals surface area contributed by atoms with Gasteiger partial charge in [-0.2, -0.15) is 0 Å². The molecule has 1 fully saturated rings. The van der Waals surface area contributed by atoms with Crippen molar-refractivity contribution in [2.45, 2.75) is 32.1 Å². The van der Waals surface area contributed by atoms with Crippen LogP contribution in [0.15, 0.2) is 18.2 Å². The SMILES string of the molecule is NC(=O)Oc1ccc(NCC2CCCCC2)c(N)c1. The topological polar surface area (TPSA) is 90.4 Å². The summed E-state index contributed by atoms with van der Waals surface area (Å²) in [6, 6.07) is 5.11. The van der Waals surface area contributed by atoms with Crippen LogP contribution in [0.4, 0.5) is 16.2 Å². The Labute approximate surface area is 113 Å². The minimum atomic E-state index is -0.831. The molecular weight excluding hydrogens is 242 g/mol. The lowest BCUT2D eigenvalue weighted by atomic mass is 9.89. The number of hydrogen-bond acceptors (Lipinski definition) is 4. The van der Waals surface area contributed by atoms with E-state index in [1.54, 1.807) is 12.1 Å². The maximum Gasteiger partial charge on any atom is 0.409 e. The molecule has 0 saturated heterocycles. The molecule has 104 valence electrons. The van der Waals surface area contributed by atoms with Crippen LogP contribution in [0.5, 0.6) is 5.75 Å². The van der Waals surface area contributed by atoms with Crippen LogP contribution in [0.3, 0.4) is 0 Å². The first-order chi connectivity index (χ1) is 9.15. The van der Waals surface area contributed by atoms with Gasteiger partial charge in [-0.1, -0.05) is 19.3 Å². The third-order valence-corrected chi connectivity index (χ3v) is 3.55. The average Bonchev–Trinajstić information content (AvgIpc) is 2.38. The number of hydrogen-bond donors (Lipinski definition) is 3. The molecule has 0 radical (unpaired) electrons. The van der Waals surface area contributed by atoms with Gasteiger partial charge in [0.1, 0.15) is 5.75 Å². The van der Waals surface area contributed by atoms with Crippen molar-refractivity contribution in [3.05, 3.63) is 18.2 Å². The molecule has 19 heavy (non-hydrogen) atoms. The highest BCUT2D eigenvalue weighted by atomic mass is 16.5. The molecule has 1 aliphatic rings. The summed E-state index contributed by atoms with van der Waals surface area (Å²) in [4.78, 5) is 10.6. The number of carbonyl (C=O) groups excluding carboxylic acids is 1. The fourth-order valence-corrected chi connectivity index (χ4v) is 2.53. The lowest BCUT2D eigenvalue weighted by Crippen LogP contribution is -2.18. The van der Waals surface area contributed by atoms with Gasteiger partial charge in [-0.3, -0.25) is 0 Å². The second kappa shape index (κ2) is 6.31. The molecule has 0 aromatic heterocycles. The molecule has 1 aliphatic carbocycles. The summed E-state index contributed by atoms with van der Waals surface area (Å²) in [6.07, 6.45) is 5.76. The predicted octanol–water partition coefficient (Wildman–Crippen LogP) is 2.72. The van der Waals surface area contributed by atoms with Crippen molar-refractivity contribution in [1.29, 1.82) is 0 Å². The molecule has 2 rings (SSSR count). The molecular formula is C14H21N3O2. The van der Waals surface area contributed by atoms with Crippen LogP contribution in [-0.2, 0) is 0 Å². The number of ether oxygens (including phenoxy) is 1. The van der Waals surface area contributed by atoms with Gasteiger partial charge in [0, 0.05) is 12.6 Å². The molecule has 5 N–H and O–H groups in total. The zero-order valence-corrected chi connectivity index (χ0v) is 11.0. The number of rotatable bonds is 4. The monoisotopic (exact) mass is 263 g/mol. The van der Waals surface area contributed by atoms with E-state index < -0.39 is 6.09 Å². The van der Waals surface area contributed by atoms with Crippen LogP contribution in [-0.4, -0.2) is 12.6 Å². The lowest BCUT2D eigenvalue weighted by Gasteiger charge is -2.22. The lowest BCUT2D eigenvalue weighted by molar-refractivity contribution is 0.211. The second-order valence-corrected chi connectivity index (χ2v) is 5.06. The van der Waals surface area contributed by atoms with Gasteiger partial charge < -0.3 is 21.5 Å². The quantitative estimate of drug-likeness (QED) is 0.728. The summed E-state index contributed by atoms with van der Waals surface area (Å²) in [5, 5.41) is 3.37. The van der Waals surface area contributed by atoms with E-state index in [0.29, 0.717) is 11.4 Å². The van der Waals surface area contributed by atoms with Crippen molar-refractivity contribution in [2.24, 2.45) is 11.7 Å². The van der Waals surface area contributed by atoms with Crippen molar-refractivity contribution < 1.29 is 9.53 Å². The Kier molecular flexibility index (Phi) is 4.49. The maximum absolute atomic E-state index is 10.6. The van der Waals surface area contributed by atoms with Crippen molar-refractivity contribution in [3.63, 3.8) is 0 Å². The summed E-state index contributed by atoms with van der Waals surface area (Å²) >= 11 is 0. The smallest absolute Gasteiger partial charge is 0.409 e. The predicted molar refractivity (Wildman–Crippen MR) is 76.1 cm³/mol. The molecule has 1 amide bonds. The normalized spacial score (nSPS) is 16.0. The summed E-state index contributed by atoms with van der Waals surface area (Å²) < 4.78 is 4.78. The van der Waals surface area contributed by atoms with Gasteiger partial charge in [0.15, 0.2) is 0 Å². The fraction of sp³-hybridized carbons (Fsp3) is 0.500. The van der Waals surface area contributed by atoms with E-state index >= 15 is 0 Å². The highest BCUT2D eigenvalue weighted by Gasteiger charge is 2.13. The average molecular weight is 263 g/mol. The molecule has 0 heterocycles. The third-order valence-electron chi connectivity index (χ3n) is 3.55. The van der Waals surface area contributed by atoms with Crippen LogP contribution >= 0.6 is 0 Å². The van der Waals surface area contributed by atoms with Gasteiger partial charge in [0.2, 0.25) is 0 Å². The summed E-state index contributed by atoms with van der Waals surface area (Å²) in [5.74, 6) is 1.10. The number of anilines is 2. The van der Waals surface area contributed by atoms with Crippen LogP contribution in [0.1, 0.15) is 32.1 Å². The van der Waals surface area contributed by atoms with Gasteiger partial charge in [0.25, 0.3) is 0 Å². The summed E-state index contributed by atoms with van der Waals surface area (Å²) in [5.41, 5.74) is 12.3. The largest absolute Gasteiger partial charge is 0.410 e. The van der Waals surface area contributed by atoms with E-state index in [1.807, 2.05) is 6.07 Å². The van der Waals surface area contributed by atoms with Crippen molar-refractivity contribution >= 4 is 17.5 Å². The van der Waals surface area contributed by atoms with Crippen LogP contribution < -0.4 is 21.5 Å². The van der Waals surface area contributed by atoms with E-state index in [-0.39, 0.29) is 0 Å². The third kappa shape index (κ3) is 4.05. The highest BCUT2D eigenvalue weighted by molar-refractivity contribution is 5.72. The first kappa shape index (κ1) is 13.5. The van der Waals surface area contributed by atoms with Crippen LogP contribution in [0, 0.1) is 5.92 Å². The van der Waals surface area contributed by atoms with Crippen LogP contribution in [0.25, 0.3) is 0 Å².